The average Bonchev–Trinajstić information content (AvgIpc) is 2.77. The van der Waals surface area contributed by atoms with Crippen LogP contribution in [0.3, 0.4) is 0 Å². The largest absolute Gasteiger partial charge is 0.334 e. The molecular weight excluding hydrogens is 502 g/mol. The third kappa shape index (κ3) is 4.69. The molecule has 9 heteroatoms. The first-order chi connectivity index (χ1) is 15.7. The van der Waals surface area contributed by atoms with Gasteiger partial charge in [-0.25, -0.2) is 4.98 Å². The molecular formula is C24H20Cl4N4O. The Hall–Kier alpha value is -2.31. The first-order valence-corrected chi connectivity index (χ1v) is 11.7. The van der Waals surface area contributed by atoms with Gasteiger partial charge in [-0.3, -0.25) is 9.36 Å². The van der Waals surface area contributed by atoms with E-state index < -0.39 is 0 Å². The Morgan fingerprint density at radius 1 is 0.970 bits per heavy atom. The van der Waals surface area contributed by atoms with E-state index in [-0.39, 0.29) is 11.6 Å². The van der Waals surface area contributed by atoms with Crippen molar-refractivity contribution in [3.05, 3.63) is 84.7 Å². The molecule has 0 radical (unpaired) electrons. The number of rotatable bonds is 5. The maximum absolute atomic E-state index is 13.2. The number of anilines is 1. The van der Waals surface area contributed by atoms with Crippen LogP contribution in [-0.2, 0) is 13.6 Å². The summed E-state index contributed by atoms with van der Waals surface area (Å²) in [6, 6.07) is 12.5. The third-order valence-corrected chi connectivity index (χ3v) is 6.75. The molecule has 0 N–H and O–H groups in total. The summed E-state index contributed by atoms with van der Waals surface area (Å²) in [6.45, 7) is 4.63. The van der Waals surface area contributed by atoms with Crippen LogP contribution in [0.4, 0.5) is 5.95 Å². The van der Waals surface area contributed by atoms with Gasteiger partial charge in [0.15, 0.2) is 0 Å². The molecule has 0 unspecified atom stereocenters. The summed E-state index contributed by atoms with van der Waals surface area (Å²) >= 11 is 24.9. The standard InChI is InChI=1S/C24H20Cl4N4O/c1-13(2)32(12-14-7-8-17(25)20(28)9-14)24-29-11-15-10-16(23(33)31(3)22(15)30-24)21-18(26)5-4-6-19(21)27/h4-11,13H,12H2,1-3H3. The van der Waals surface area contributed by atoms with E-state index in [2.05, 4.69) is 4.98 Å². The fraction of sp³-hybridized carbons (Fsp3) is 0.208. The Bertz CT molecular complexity index is 1400. The molecule has 4 aromatic rings. The highest BCUT2D eigenvalue weighted by atomic mass is 35.5. The molecule has 0 spiro atoms. The number of benzene rings is 2. The lowest BCUT2D eigenvalue weighted by molar-refractivity contribution is 0.661. The number of fused-ring (bicyclic) bond motifs is 1. The lowest BCUT2D eigenvalue weighted by Gasteiger charge is -2.27. The smallest absolute Gasteiger partial charge is 0.259 e. The lowest BCUT2D eigenvalue weighted by atomic mass is 10.1. The summed E-state index contributed by atoms with van der Waals surface area (Å²) in [5.41, 5.74) is 2.13. The van der Waals surface area contributed by atoms with Crippen molar-refractivity contribution >= 4 is 63.4 Å². The minimum absolute atomic E-state index is 0.0927. The van der Waals surface area contributed by atoms with Crippen LogP contribution in [-0.4, -0.2) is 20.6 Å². The van der Waals surface area contributed by atoms with Crippen molar-refractivity contribution < 1.29 is 0 Å². The highest BCUT2D eigenvalue weighted by molar-refractivity contribution is 6.42. The second kappa shape index (κ2) is 9.51. The van der Waals surface area contributed by atoms with Crippen LogP contribution in [0.2, 0.25) is 20.1 Å². The molecule has 0 atom stereocenters. The van der Waals surface area contributed by atoms with Crippen molar-refractivity contribution in [2.45, 2.75) is 26.4 Å². The number of halogens is 4. The monoisotopic (exact) mass is 520 g/mol. The molecule has 0 aliphatic rings. The van der Waals surface area contributed by atoms with E-state index in [1.165, 1.54) is 4.57 Å². The van der Waals surface area contributed by atoms with Crippen LogP contribution < -0.4 is 10.5 Å². The fourth-order valence-electron chi connectivity index (χ4n) is 3.63. The highest BCUT2D eigenvalue weighted by Crippen LogP contribution is 2.34. The quantitative estimate of drug-likeness (QED) is 0.283. The maximum atomic E-state index is 13.2. The van der Waals surface area contributed by atoms with Crippen LogP contribution in [0.5, 0.6) is 0 Å². The van der Waals surface area contributed by atoms with Crippen molar-refractivity contribution in [3.8, 4) is 11.1 Å². The highest BCUT2D eigenvalue weighted by Gasteiger charge is 2.19. The van der Waals surface area contributed by atoms with Gasteiger partial charge in [-0.2, -0.15) is 4.98 Å². The molecule has 0 saturated heterocycles. The first-order valence-electron chi connectivity index (χ1n) is 10.2. The number of hydrogen-bond acceptors (Lipinski definition) is 4. The Morgan fingerprint density at radius 3 is 2.30 bits per heavy atom. The van der Waals surface area contributed by atoms with E-state index in [1.807, 2.05) is 30.9 Å². The van der Waals surface area contributed by atoms with Crippen LogP contribution in [0.25, 0.3) is 22.2 Å². The van der Waals surface area contributed by atoms with Gasteiger partial charge >= 0.3 is 0 Å². The molecule has 0 aliphatic carbocycles. The van der Waals surface area contributed by atoms with E-state index in [0.29, 0.717) is 54.7 Å². The summed E-state index contributed by atoms with van der Waals surface area (Å²) in [6.07, 6.45) is 1.70. The minimum atomic E-state index is -0.247. The molecule has 0 bridgehead atoms. The predicted molar refractivity (Wildman–Crippen MR) is 138 cm³/mol. The Balaban J connectivity index is 1.81. The summed E-state index contributed by atoms with van der Waals surface area (Å²) in [5.74, 6) is 0.502. The maximum Gasteiger partial charge on any atom is 0.259 e. The first kappa shape index (κ1) is 23.8. The van der Waals surface area contributed by atoms with Crippen LogP contribution in [0.1, 0.15) is 19.4 Å². The SMILES string of the molecule is CC(C)N(Cc1ccc(Cl)c(Cl)c1)c1ncc2cc(-c3c(Cl)cccc3Cl)c(=O)n(C)c2n1. The van der Waals surface area contributed by atoms with Gasteiger partial charge in [0, 0.05) is 36.8 Å². The van der Waals surface area contributed by atoms with Gasteiger partial charge in [0.05, 0.1) is 25.7 Å². The molecule has 170 valence electrons. The molecule has 0 fully saturated rings. The van der Waals surface area contributed by atoms with E-state index in [4.69, 9.17) is 51.4 Å². The number of aryl methyl sites for hydroxylation is 1. The molecule has 0 amide bonds. The Kier molecular flexibility index (Phi) is 6.87. The molecule has 2 aromatic heterocycles. The summed E-state index contributed by atoms with van der Waals surface area (Å²) in [4.78, 5) is 24.6. The van der Waals surface area contributed by atoms with E-state index in [9.17, 15) is 4.79 Å². The van der Waals surface area contributed by atoms with Gasteiger partial charge in [0.2, 0.25) is 5.95 Å². The number of nitrogens with zero attached hydrogens (tertiary/aromatic N) is 4. The van der Waals surface area contributed by atoms with Gasteiger partial charge in [-0.05, 0) is 49.7 Å². The van der Waals surface area contributed by atoms with Crippen molar-refractivity contribution in [1.29, 1.82) is 0 Å². The zero-order valence-corrected chi connectivity index (χ0v) is 21.1. The lowest BCUT2D eigenvalue weighted by Crippen LogP contribution is -2.32. The van der Waals surface area contributed by atoms with Gasteiger partial charge in [-0.15, -0.1) is 0 Å². The second-order valence-electron chi connectivity index (χ2n) is 7.94. The molecule has 33 heavy (non-hydrogen) atoms. The van der Waals surface area contributed by atoms with Crippen molar-refractivity contribution in [3.63, 3.8) is 0 Å². The summed E-state index contributed by atoms with van der Waals surface area (Å²) < 4.78 is 1.49. The Labute approximate surface area is 211 Å². The average molecular weight is 522 g/mol. The molecule has 4 rings (SSSR count). The zero-order chi connectivity index (χ0) is 23.9. The number of pyridine rings is 1. The molecule has 2 heterocycles. The third-order valence-electron chi connectivity index (χ3n) is 5.39. The topological polar surface area (TPSA) is 51.0 Å². The van der Waals surface area contributed by atoms with Gasteiger partial charge in [0.1, 0.15) is 5.65 Å². The minimum Gasteiger partial charge on any atom is -0.334 e. The van der Waals surface area contributed by atoms with E-state index in [0.717, 1.165) is 5.56 Å². The molecule has 5 nitrogen and oxygen atoms in total. The zero-order valence-electron chi connectivity index (χ0n) is 18.1. The van der Waals surface area contributed by atoms with Crippen LogP contribution >= 0.6 is 46.4 Å². The number of aromatic nitrogens is 3. The Morgan fingerprint density at radius 2 is 1.67 bits per heavy atom. The van der Waals surface area contributed by atoms with E-state index >= 15 is 0 Å². The normalized spacial score (nSPS) is 11.4. The summed E-state index contributed by atoms with van der Waals surface area (Å²) in [7, 11) is 1.67. The van der Waals surface area contributed by atoms with Crippen molar-refractivity contribution in [1.82, 2.24) is 14.5 Å². The molecule has 0 saturated carbocycles. The van der Waals surface area contributed by atoms with Crippen molar-refractivity contribution in [2.75, 3.05) is 4.90 Å². The fourth-order valence-corrected chi connectivity index (χ4v) is 4.55. The van der Waals surface area contributed by atoms with Gasteiger partial charge in [0.25, 0.3) is 5.56 Å². The molecule has 2 aromatic carbocycles. The van der Waals surface area contributed by atoms with Gasteiger partial charge in [-0.1, -0.05) is 58.5 Å². The number of hydrogen-bond donors (Lipinski definition) is 0. The van der Waals surface area contributed by atoms with Crippen LogP contribution in [0.15, 0.2) is 53.5 Å². The summed E-state index contributed by atoms with van der Waals surface area (Å²) in [5, 5.41) is 2.51. The second-order valence-corrected chi connectivity index (χ2v) is 9.57. The predicted octanol–water partition coefficient (Wildman–Crippen LogP) is 7.02. The van der Waals surface area contributed by atoms with E-state index in [1.54, 1.807) is 43.6 Å². The van der Waals surface area contributed by atoms with Crippen LogP contribution in [0, 0.1) is 0 Å². The van der Waals surface area contributed by atoms with Gasteiger partial charge < -0.3 is 4.90 Å². The molecule has 0 aliphatic heterocycles. The van der Waals surface area contributed by atoms with Crippen molar-refractivity contribution in [2.24, 2.45) is 7.05 Å².